The minimum absolute atomic E-state index is 0.153. The van der Waals surface area contributed by atoms with Gasteiger partial charge in [-0.3, -0.25) is 9.36 Å². The van der Waals surface area contributed by atoms with E-state index in [2.05, 4.69) is 10.2 Å². The molecule has 2 aromatic carbocycles. The lowest BCUT2D eigenvalue weighted by Crippen LogP contribution is -2.21. The normalized spacial score (nSPS) is 12.4. The number of fused-ring (bicyclic) bond motifs is 3. The van der Waals surface area contributed by atoms with Crippen LogP contribution >= 0.6 is 11.6 Å². The zero-order valence-corrected chi connectivity index (χ0v) is 14.0. The second-order valence-electron chi connectivity index (χ2n) is 5.81. The molecule has 0 unspecified atom stereocenters. The molecule has 0 bridgehead atoms. The molecule has 2 heterocycles. The number of aryl methyl sites for hydroxylation is 2. The van der Waals surface area contributed by atoms with E-state index in [1.165, 1.54) is 0 Å². The third-order valence-electron chi connectivity index (χ3n) is 4.21. The number of hydrogen-bond donors (Lipinski definition) is 1. The molecule has 1 aromatic heterocycles. The van der Waals surface area contributed by atoms with Crippen LogP contribution in [-0.2, 0) is 19.4 Å². The highest BCUT2D eigenvalue weighted by molar-refractivity contribution is 6.31. The Balaban J connectivity index is 1.62. The van der Waals surface area contributed by atoms with Gasteiger partial charge < -0.3 is 10.5 Å². The van der Waals surface area contributed by atoms with E-state index in [1.54, 1.807) is 4.57 Å². The second-order valence-corrected chi connectivity index (χ2v) is 6.22. The Morgan fingerprint density at radius 1 is 1.20 bits per heavy atom. The summed E-state index contributed by atoms with van der Waals surface area (Å²) in [4.78, 5) is 11.6. The quantitative estimate of drug-likeness (QED) is 0.780. The summed E-state index contributed by atoms with van der Waals surface area (Å²) in [7, 11) is 0. The summed E-state index contributed by atoms with van der Waals surface area (Å²) >= 11 is 6.16. The van der Waals surface area contributed by atoms with Crippen molar-refractivity contribution in [1.29, 1.82) is 0 Å². The summed E-state index contributed by atoms with van der Waals surface area (Å²) in [6, 6.07) is 13.3. The first kappa shape index (κ1) is 15.7. The van der Waals surface area contributed by atoms with E-state index < -0.39 is 5.91 Å². The summed E-state index contributed by atoms with van der Waals surface area (Å²) < 4.78 is 7.59. The highest BCUT2D eigenvalue weighted by Gasteiger charge is 2.24. The number of hydrogen-bond acceptors (Lipinski definition) is 4. The second kappa shape index (κ2) is 6.22. The number of carbonyl (C=O) groups excluding carboxylic acids is 1. The number of primary amides is 1. The number of amides is 1. The molecule has 1 amide bonds. The van der Waals surface area contributed by atoms with Crippen molar-refractivity contribution in [1.82, 2.24) is 14.8 Å². The van der Waals surface area contributed by atoms with Crippen LogP contribution in [-0.4, -0.2) is 20.7 Å². The summed E-state index contributed by atoms with van der Waals surface area (Å²) in [5, 5.41) is 8.63. The number of ether oxygens (including phenoxy) is 1. The molecule has 126 valence electrons. The number of halogens is 1. The lowest BCUT2D eigenvalue weighted by Gasteiger charge is -2.19. The van der Waals surface area contributed by atoms with E-state index in [1.807, 2.05) is 42.5 Å². The van der Waals surface area contributed by atoms with Crippen molar-refractivity contribution in [2.75, 3.05) is 0 Å². The van der Waals surface area contributed by atoms with Crippen molar-refractivity contribution in [2.45, 2.75) is 19.4 Å². The maximum atomic E-state index is 11.6. The van der Waals surface area contributed by atoms with Crippen molar-refractivity contribution in [3.63, 3.8) is 0 Å². The highest BCUT2D eigenvalue weighted by atomic mass is 35.5. The maximum absolute atomic E-state index is 11.6. The lowest BCUT2D eigenvalue weighted by molar-refractivity contribution is 0.0988. The largest absolute Gasteiger partial charge is 0.489 e. The van der Waals surface area contributed by atoms with Gasteiger partial charge >= 0.3 is 0 Å². The van der Waals surface area contributed by atoms with Gasteiger partial charge in [-0.15, -0.1) is 10.2 Å². The standard InChI is InChI=1S/C18H15ClN4O2/c19-14-4-2-1-3-12(14)10-25-13-6-7-15-11(9-13)5-8-16-21-22-18(17(20)24)23(15)16/h1-4,6-7,9H,5,8,10H2,(H2,20,24). The van der Waals surface area contributed by atoms with Crippen LogP contribution in [0.3, 0.4) is 0 Å². The topological polar surface area (TPSA) is 83.0 Å². The molecule has 0 aliphatic carbocycles. The van der Waals surface area contributed by atoms with Crippen LogP contribution in [0, 0.1) is 0 Å². The Morgan fingerprint density at radius 2 is 2.04 bits per heavy atom. The molecule has 0 atom stereocenters. The van der Waals surface area contributed by atoms with Crippen molar-refractivity contribution in [3.05, 3.63) is 70.3 Å². The number of nitrogens with zero attached hydrogens (tertiary/aromatic N) is 3. The van der Waals surface area contributed by atoms with Crippen molar-refractivity contribution in [3.8, 4) is 11.4 Å². The molecule has 6 nitrogen and oxygen atoms in total. The number of carbonyl (C=O) groups is 1. The Bertz CT molecular complexity index is 967. The summed E-state index contributed by atoms with van der Waals surface area (Å²) in [6.45, 7) is 0.392. The molecule has 2 N–H and O–H groups in total. The van der Waals surface area contributed by atoms with Gasteiger partial charge in [0.15, 0.2) is 0 Å². The van der Waals surface area contributed by atoms with E-state index in [-0.39, 0.29) is 5.82 Å². The van der Waals surface area contributed by atoms with E-state index in [4.69, 9.17) is 22.1 Å². The van der Waals surface area contributed by atoms with Gasteiger partial charge in [0.2, 0.25) is 5.82 Å². The lowest BCUT2D eigenvalue weighted by atomic mass is 10.0. The molecule has 4 rings (SSSR count). The van der Waals surface area contributed by atoms with Crippen LogP contribution in [0.15, 0.2) is 42.5 Å². The Labute approximate surface area is 149 Å². The van der Waals surface area contributed by atoms with Crippen LogP contribution < -0.4 is 10.5 Å². The molecule has 3 aromatic rings. The number of aromatic nitrogens is 3. The smallest absolute Gasteiger partial charge is 0.287 e. The van der Waals surface area contributed by atoms with Crippen LogP contribution in [0.2, 0.25) is 5.02 Å². The average Bonchev–Trinajstić information content (AvgIpc) is 3.05. The maximum Gasteiger partial charge on any atom is 0.287 e. The molecule has 7 heteroatoms. The summed E-state index contributed by atoms with van der Waals surface area (Å²) in [5.74, 6) is 1.05. The van der Waals surface area contributed by atoms with Gasteiger partial charge in [-0.1, -0.05) is 29.8 Å². The summed E-state index contributed by atoms with van der Waals surface area (Å²) in [6.07, 6.45) is 1.50. The number of rotatable bonds is 4. The third kappa shape index (κ3) is 2.85. The predicted octanol–water partition coefficient (Wildman–Crippen LogP) is 2.70. The fourth-order valence-corrected chi connectivity index (χ4v) is 3.17. The molecular weight excluding hydrogens is 340 g/mol. The zero-order chi connectivity index (χ0) is 17.4. The van der Waals surface area contributed by atoms with Crippen molar-refractivity contribution >= 4 is 17.5 Å². The van der Waals surface area contributed by atoms with Crippen LogP contribution in [0.5, 0.6) is 5.75 Å². The van der Waals surface area contributed by atoms with Gasteiger partial charge in [0, 0.05) is 17.0 Å². The molecule has 0 fully saturated rings. The Morgan fingerprint density at radius 3 is 2.84 bits per heavy atom. The monoisotopic (exact) mass is 354 g/mol. The molecule has 25 heavy (non-hydrogen) atoms. The van der Waals surface area contributed by atoms with Gasteiger partial charge in [-0.05, 0) is 36.2 Å². The molecule has 0 saturated heterocycles. The number of nitrogens with two attached hydrogens (primary N) is 1. The van der Waals surface area contributed by atoms with Crippen LogP contribution in [0.1, 0.15) is 27.6 Å². The van der Waals surface area contributed by atoms with Gasteiger partial charge in [-0.2, -0.15) is 0 Å². The molecule has 0 spiro atoms. The van der Waals surface area contributed by atoms with E-state index in [0.717, 1.165) is 34.8 Å². The number of benzene rings is 2. The van der Waals surface area contributed by atoms with E-state index >= 15 is 0 Å². The third-order valence-corrected chi connectivity index (χ3v) is 4.58. The van der Waals surface area contributed by atoms with E-state index in [9.17, 15) is 4.79 Å². The van der Waals surface area contributed by atoms with Gasteiger partial charge in [-0.25, -0.2) is 0 Å². The van der Waals surface area contributed by atoms with Gasteiger partial charge in [0.1, 0.15) is 18.2 Å². The molecule has 0 radical (unpaired) electrons. The SMILES string of the molecule is NC(=O)c1nnc2n1-c1ccc(OCc3ccccc3Cl)cc1CC2. The van der Waals surface area contributed by atoms with Crippen LogP contribution in [0.4, 0.5) is 0 Å². The van der Waals surface area contributed by atoms with Gasteiger partial charge in [0.25, 0.3) is 5.91 Å². The minimum atomic E-state index is -0.592. The fraction of sp³-hybridized carbons (Fsp3) is 0.167. The predicted molar refractivity (Wildman–Crippen MR) is 93.1 cm³/mol. The summed E-state index contributed by atoms with van der Waals surface area (Å²) in [5.41, 5.74) is 8.25. The van der Waals surface area contributed by atoms with E-state index in [0.29, 0.717) is 18.1 Å². The van der Waals surface area contributed by atoms with Crippen molar-refractivity contribution in [2.24, 2.45) is 5.73 Å². The first-order chi connectivity index (χ1) is 12.1. The van der Waals surface area contributed by atoms with Crippen LogP contribution in [0.25, 0.3) is 5.69 Å². The first-order valence-electron chi connectivity index (χ1n) is 7.87. The molecule has 0 saturated carbocycles. The Hall–Kier alpha value is -2.86. The zero-order valence-electron chi connectivity index (χ0n) is 13.3. The highest BCUT2D eigenvalue weighted by Crippen LogP contribution is 2.29. The minimum Gasteiger partial charge on any atom is -0.489 e. The first-order valence-corrected chi connectivity index (χ1v) is 8.25. The molecule has 1 aliphatic rings. The Kier molecular flexibility index (Phi) is 3.89. The fourth-order valence-electron chi connectivity index (χ4n) is 2.98. The average molecular weight is 355 g/mol. The molecular formula is C18H15ClN4O2. The van der Waals surface area contributed by atoms with Gasteiger partial charge in [0.05, 0.1) is 5.69 Å². The molecule has 1 aliphatic heterocycles. The van der Waals surface area contributed by atoms with Crippen molar-refractivity contribution < 1.29 is 9.53 Å².